The Morgan fingerprint density at radius 2 is 1.89 bits per heavy atom. The third-order valence-electron chi connectivity index (χ3n) is 2.61. The second kappa shape index (κ2) is 5.75. The number of nitrogens with two attached hydrogens (primary N) is 1. The molecule has 0 radical (unpaired) electrons. The van der Waals surface area contributed by atoms with Gasteiger partial charge in [-0.05, 0) is 58.4 Å². The average Bonchev–Trinajstić information content (AvgIpc) is 2.42. The van der Waals surface area contributed by atoms with E-state index in [1.165, 1.54) is 0 Å². The monoisotopic (exact) mass is 320 g/mol. The number of nitrogen functional groups attached to an aromatic ring is 1. The van der Waals surface area contributed by atoms with Gasteiger partial charge in [-0.2, -0.15) is 0 Å². The quantitative estimate of drug-likeness (QED) is 0.853. The Bertz CT molecular complexity index is 597. The largest absolute Gasteiger partial charge is 0.497 e. The van der Waals surface area contributed by atoms with Gasteiger partial charge in [0.25, 0.3) is 5.91 Å². The van der Waals surface area contributed by atoms with Crippen LogP contribution in [0.2, 0.25) is 0 Å². The molecular weight excluding hydrogens is 308 g/mol. The van der Waals surface area contributed by atoms with Crippen molar-refractivity contribution in [1.29, 1.82) is 0 Å². The van der Waals surface area contributed by atoms with E-state index in [0.717, 1.165) is 10.2 Å². The third kappa shape index (κ3) is 3.26. The van der Waals surface area contributed by atoms with Crippen LogP contribution in [-0.4, -0.2) is 13.0 Å². The van der Waals surface area contributed by atoms with E-state index < -0.39 is 0 Å². The van der Waals surface area contributed by atoms with Gasteiger partial charge in [-0.3, -0.25) is 4.79 Å². The summed E-state index contributed by atoms with van der Waals surface area (Å²) in [5.41, 5.74) is 7.49. The first-order chi connectivity index (χ1) is 9.10. The molecule has 19 heavy (non-hydrogen) atoms. The SMILES string of the molecule is COc1ccc(NC(=O)c2ccc(Br)c(N)c2)cc1. The zero-order valence-electron chi connectivity index (χ0n) is 10.3. The van der Waals surface area contributed by atoms with Crippen molar-refractivity contribution < 1.29 is 9.53 Å². The number of hydrogen-bond donors (Lipinski definition) is 2. The Balaban J connectivity index is 2.13. The molecule has 4 nitrogen and oxygen atoms in total. The van der Waals surface area contributed by atoms with Crippen LogP contribution in [0.1, 0.15) is 10.4 Å². The maximum atomic E-state index is 12.0. The molecule has 0 aliphatic carbocycles. The second-order valence-corrected chi connectivity index (χ2v) is 4.77. The van der Waals surface area contributed by atoms with Gasteiger partial charge in [-0.15, -0.1) is 0 Å². The van der Waals surface area contributed by atoms with Crippen LogP contribution < -0.4 is 15.8 Å². The van der Waals surface area contributed by atoms with Gasteiger partial charge in [0.2, 0.25) is 0 Å². The fourth-order valence-corrected chi connectivity index (χ4v) is 1.81. The zero-order chi connectivity index (χ0) is 13.8. The van der Waals surface area contributed by atoms with Gasteiger partial charge >= 0.3 is 0 Å². The molecule has 0 unspecified atom stereocenters. The Morgan fingerprint density at radius 3 is 2.47 bits per heavy atom. The van der Waals surface area contributed by atoms with Crippen molar-refractivity contribution >= 4 is 33.2 Å². The maximum absolute atomic E-state index is 12.0. The topological polar surface area (TPSA) is 64.3 Å². The van der Waals surface area contributed by atoms with Crippen LogP contribution in [0.5, 0.6) is 5.75 Å². The Kier molecular flexibility index (Phi) is 4.06. The number of anilines is 2. The minimum absolute atomic E-state index is 0.204. The molecule has 0 spiro atoms. The van der Waals surface area contributed by atoms with Crippen LogP contribution in [0.15, 0.2) is 46.9 Å². The summed E-state index contributed by atoms with van der Waals surface area (Å²) in [4.78, 5) is 12.0. The number of halogens is 1. The van der Waals surface area contributed by atoms with Gasteiger partial charge in [0.05, 0.1) is 7.11 Å². The van der Waals surface area contributed by atoms with Crippen LogP contribution >= 0.6 is 15.9 Å². The molecule has 0 bridgehead atoms. The first-order valence-electron chi connectivity index (χ1n) is 5.60. The predicted octanol–water partition coefficient (Wildman–Crippen LogP) is 3.29. The summed E-state index contributed by atoms with van der Waals surface area (Å²) in [5, 5.41) is 2.79. The molecule has 0 saturated heterocycles. The van der Waals surface area contributed by atoms with Crippen LogP contribution in [0.3, 0.4) is 0 Å². The number of amides is 1. The Morgan fingerprint density at radius 1 is 1.21 bits per heavy atom. The van der Waals surface area contributed by atoms with Crippen molar-refractivity contribution in [2.75, 3.05) is 18.2 Å². The van der Waals surface area contributed by atoms with E-state index in [-0.39, 0.29) is 5.91 Å². The maximum Gasteiger partial charge on any atom is 0.255 e. The summed E-state index contributed by atoms with van der Waals surface area (Å²) in [5.74, 6) is 0.537. The molecule has 1 amide bonds. The van der Waals surface area contributed by atoms with E-state index in [0.29, 0.717) is 16.9 Å². The standard InChI is InChI=1S/C14H13BrN2O2/c1-19-11-5-3-10(4-6-11)17-14(18)9-2-7-12(15)13(16)8-9/h2-8H,16H2,1H3,(H,17,18). The molecule has 0 aliphatic rings. The zero-order valence-corrected chi connectivity index (χ0v) is 11.9. The molecule has 2 rings (SSSR count). The molecule has 0 aromatic heterocycles. The van der Waals surface area contributed by atoms with Crippen molar-refractivity contribution in [2.24, 2.45) is 0 Å². The van der Waals surface area contributed by atoms with E-state index in [1.807, 2.05) is 0 Å². The van der Waals surface area contributed by atoms with Crippen molar-refractivity contribution in [3.8, 4) is 5.75 Å². The number of ether oxygens (including phenoxy) is 1. The number of rotatable bonds is 3. The molecule has 0 saturated carbocycles. The third-order valence-corrected chi connectivity index (χ3v) is 3.33. The highest BCUT2D eigenvalue weighted by molar-refractivity contribution is 9.10. The number of methoxy groups -OCH3 is 1. The van der Waals surface area contributed by atoms with E-state index in [1.54, 1.807) is 49.6 Å². The molecule has 0 heterocycles. The van der Waals surface area contributed by atoms with Crippen LogP contribution in [0.25, 0.3) is 0 Å². The highest BCUT2D eigenvalue weighted by Crippen LogP contribution is 2.21. The molecule has 3 N–H and O–H groups in total. The summed E-state index contributed by atoms with van der Waals surface area (Å²) in [6.45, 7) is 0. The minimum atomic E-state index is -0.204. The summed E-state index contributed by atoms with van der Waals surface area (Å²) in [7, 11) is 1.60. The predicted molar refractivity (Wildman–Crippen MR) is 79.5 cm³/mol. The van der Waals surface area contributed by atoms with Crippen molar-refractivity contribution in [3.63, 3.8) is 0 Å². The lowest BCUT2D eigenvalue weighted by Gasteiger charge is -2.07. The molecule has 98 valence electrons. The van der Waals surface area contributed by atoms with E-state index in [2.05, 4.69) is 21.2 Å². The smallest absolute Gasteiger partial charge is 0.255 e. The van der Waals surface area contributed by atoms with Crippen molar-refractivity contribution in [1.82, 2.24) is 0 Å². The number of carbonyl (C=O) groups is 1. The summed E-state index contributed by atoms with van der Waals surface area (Å²) < 4.78 is 5.83. The summed E-state index contributed by atoms with van der Waals surface area (Å²) >= 11 is 3.29. The van der Waals surface area contributed by atoms with Crippen LogP contribution in [0, 0.1) is 0 Å². The van der Waals surface area contributed by atoms with Gasteiger partial charge < -0.3 is 15.8 Å². The van der Waals surface area contributed by atoms with E-state index in [9.17, 15) is 4.79 Å². The highest BCUT2D eigenvalue weighted by Gasteiger charge is 2.07. The van der Waals surface area contributed by atoms with Crippen LogP contribution in [-0.2, 0) is 0 Å². The number of hydrogen-bond acceptors (Lipinski definition) is 3. The van der Waals surface area contributed by atoms with Gasteiger partial charge in [-0.25, -0.2) is 0 Å². The normalized spacial score (nSPS) is 10.0. The van der Waals surface area contributed by atoms with Gasteiger partial charge in [-0.1, -0.05) is 0 Å². The second-order valence-electron chi connectivity index (χ2n) is 3.92. The minimum Gasteiger partial charge on any atom is -0.497 e. The Labute approximate surface area is 119 Å². The summed E-state index contributed by atoms with van der Waals surface area (Å²) in [6, 6.07) is 12.2. The molecule has 0 aliphatic heterocycles. The number of nitrogens with one attached hydrogen (secondary N) is 1. The lowest BCUT2D eigenvalue weighted by molar-refractivity contribution is 0.102. The first-order valence-corrected chi connectivity index (χ1v) is 6.40. The fourth-order valence-electron chi connectivity index (χ4n) is 1.56. The fraction of sp³-hybridized carbons (Fsp3) is 0.0714. The van der Waals surface area contributed by atoms with Crippen molar-refractivity contribution in [2.45, 2.75) is 0 Å². The number of benzene rings is 2. The molecule has 0 atom stereocenters. The van der Waals surface area contributed by atoms with E-state index >= 15 is 0 Å². The van der Waals surface area contributed by atoms with Gasteiger partial charge in [0.15, 0.2) is 0 Å². The van der Waals surface area contributed by atoms with E-state index in [4.69, 9.17) is 10.5 Å². The van der Waals surface area contributed by atoms with Crippen molar-refractivity contribution in [3.05, 3.63) is 52.5 Å². The van der Waals surface area contributed by atoms with Gasteiger partial charge in [0, 0.05) is 21.4 Å². The molecule has 2 aromatic rings. The lowest BCUT2D eigenvalue weighted by Crippen LogP contribution is -2.12. The van der Waals surface area contributed by atoms with Gasteiger partial charge in [0.1, 0.15) is 5.75 Å². The van der Waals surface area contributed by atoms with Crippen LogP contribution in [0.4, 0.5) is 11.4 Å². The molecular formula is C14H13BrN2O2. The number of carbonyl (C=O) groups excluding carboxylic acids is 1. The lowest BCUT2D eigenvalue weighted by atomic mass is 10.2. The molecule has 5 heteroatoms. The average molecular weight is 321 g/mol. The molecule has 0 fully saturated rings. The summed E-state index contributed by atoms with van der Waals surface area (Å²) in [6.07, 6.45) is 0. The Hall–Kier alpha value is -2.01. The molecule has 2 aromatic carbocycles. The first kappa shape index (κ1) is 13.4. The highest BCUT2D eigenvalue weighted by atomic mass is 79.9.